The Morgan fingerprint density at radius 1 is 1.09 bits per heavy atom. The van der Waals surface area contributed by atoms with E-state index < -0.39 is 5.79 Å². The number of rotatable bonds is 2. The summed E-state index contributed by atoms with van der Waals surface area (Å²) in [4.78, 5) is 11.1. The van der Waals surface area contributed by atoms with Crippen molar-refractivity contribution in [1.82, 2.24) is 5.06 Å². The van der Waals surface area contributed by atoms with Gasteiger partial charge in [0.1, 0.15) is 0 Å². The number of amidine groups is 1. The molecule has 0 spiro atoms. The van der Waals surface area contributed by atoms with Crippen LogP contribution in [0.5, 0.6) is 0 Å². The second kappa shape index (κ2) is 6.16. The van der Waals surface area contributed by atoms with E-state index in [1.807, 2.05) is 42.3 Å². The molecule has 126 valence electrons. The number of benzene rings is 1. The van der Waals surface area contributed by atoms with Gasteiger partial charge in [0.25, 0.3) is 5.79 Å². The smallest absolute Gasteiger partial charge is 0.315 e. The van der Waals surface area contributed by atoms with Gasteiger partial charge in [-0.2, -0.15) is 5.06 Å². The van der Waals surface area contributed by atoms with Gasteiger partial charge >= 0.3 is 6.02 Å². The predicted octanol–water partition coefficient (Wildman–Crippen LogP) is 4.61. The first-order valence-corrected chi connectivity index (χ1v) is 8.70. The SMILES string of the molecule is CC1(c2ccccc2)OC(=NC2CCCCC2)N(C(C)(C)C)O1. The van der Waals surface area contributed by atoms with Crippen molar-refractivity contribution in [3.63, 3.8) is 0 Å². The molecule has 1 heterocycles. The predicted molar refractivity (Wildman–Crippen MR) is 91.9 cm³/mol. The molecule has 1 saturated heterocycles. The summed E-state index contributed by atoms with van der Waals surface area (Å²) < 4.78 is 6.23. The third-order valence-electron chi connectivity index (χ3n) is 4.50. The van der Waals surface area contributed by atoms with Crippen molar-refractivity contribution in [2.45, 2.75) is 77.2 Å². The van der Waals surface area contributed by atoms with Gasteiger partial charge in [0.15, 0.2) is 0 Å². The Morgan fingerprint density at radius 3 is 2.35 bits per heavy atom. The van der Waals surface area contributed by atoms with Crippen molar-refractivity contribution in [3.8, 4) is 0 Å². The number of aliphatic imine (C=N–C) groups is 1. The summed E-state index contributed by atoms with van der Waals surface area (Å²) in [5.41, 5.74) is 0.795. The van der Waals surface area contributed by atoms with Gasteiger partial charge in [-0.3, -0.25) is 0 Å². The first-order valence-electron chi connectivity index (χ1n) is 8.70. The van der Waals surface area contributed by atoms with Crippen LogP contribution in [0.25, 0.3) is 0 Å². The van der Waals surface area contributed by atoms with Crippen LogP contribution in [0.2, 0.25) is 0 Å². The van der Waals surface area contributed by atoms with Gasteiger partial charge in [0, 0.05) is 12.5 Å². The molecule has 0 bridgehead atoms. The third kappa shape index (κ3) is 3.52. The fraction of sp³-hybridized carbons (Fsp3) is 0.632. The monoisotopic (exact) mass is 316 g/mol. The molecular formula is C19H28N2O2. The van der Waals surface area contributed by atoms with Crippen LogP contribution in [0.4, 0.5) is 0 Å². The Kier molecular flexibility index (Phi) is 4.37. The summed E-state index contributed by atoms with van der Waals surface area (Å²) in [7, 11) is 0. The Morgan fingerprint density at radius 2 is 1.74 bits per heavy atom. The van der Waals surface area contributed by atoms with Crippen LogP contribution in [-0.2, 0) is 15.4 Å². The number of hydrogen-bond acceptors (Lipinski definition) is 3. The topological polar surface area (TPSA) is 34.1 Å². The standard InChI is InChI=1S/C19H28N2O2/c1-18(2,3)21-17(20-16-13-9-6-10-14-16)22-19(4,23-21)15-11-7-5-8-12-15/h5,7-8,11-12,16H,6,9-10,13-14H2,1-4H3. The number of hydrogen-bond donors (Lipinski definition) is 0. The van der Waals surface area contributed by atoms with E-state index >= 15 is 0 Å². The highest BCUT2D eigenvalue weighted by molar-refractivity contribution is 5.75. The van der Waals surface area contributed by atoms with E-state index in [1.54, 1.807) is 0 Å². The lowest BCUT2D eigenvalue weighted by molar-refractivity contribution is -0.255. The lowest BCUT2D eigenvalue weighted by Gasteiger charge is -2.31. The van der Waals surface area contributed by atoms with Gasteiger partial charge in [0.2, 0.25) is 0 Å². The van der Waals surface area contributed by atoms with Crippen molar-refractivity contribution in [3.05, 3.63) is 35.9 Å². The zero-order valence-electron chi connectivity index (χ0n) is 14.7. The molecule has 1 saturated carbocycles. The van der Waals surface area contributed by atoms with Crippen LogP contribution in [0, 0.1) is 0 Å². The van der Waals surface area contributed by atoms with E-state index in [-0.39, 0.29) is 5.54 Å². The molecule has 0 amide bonds. The van der Waals surface area contributed by atoms with Crippen LogP contribution in [-0.4, -0.2) is 22.7 Å². The first-order chi connectivity index (χ1) is 10.9. The Labute approximate surface area is 139 Å². The second-order valence-electron chi connectivity index (χ2n) is 7.67. The van der Waals surface area contributed by atoms with Crippen LogP contribution in [0.3, 0.4) is 0 Å². The van der Waals surface area contributed by atoms with Gasteiger partial charge in [0.05, 0.1) is 11.6 Å². The average Bonchev–Trinajstić information content (AvgIpc) is 2.87. The molecule has 4 heteroatoms. The number of nitrogens with zero attached hydrogens (tertiary/aromatic N) is 2. The van der Waals surface area contributed by atoms with Gasteiger partial charge < -0.3 is 4.74 Å². The summed E-state index contributed by atoms with van der Waals surface area (Å²) in [6.07, 6.45) is 6.13. The largest absolute Gasteiger partial charge is 0.425 e. The lowest BCUT2D eigenvalue weighted by atomic mass is 9.96. The normalized spacial score (nSPS) is 28.2. The molecule has 0 radical (unpaired) electrons. The molecule has 4 nitrogen and oxygen atoms in total. The summed E-state index contributed by atoms with van der Waals surface area (Å²) in [6.45, 7) is 8.31. The molecule has 1 aromatic carbocycles. The zero-order valence-corrected chi connectivity index (χ0v) is 14.7. The zero-order chi connectivity index (χ0) is 16.5. The maximum Gasteiger partial charge on any atom is 0.315 e. The molecule has 0 N–H and O–H groups in total. The highest BCUT2D eigenvalue weighted by Crippen LogP contribution is 2.38. The Bertz CT molecular complexity index is 558. The maximum atomic E-state index is 6.23. The molecule has 1 unspecified atom stereocenters. The molecule has 1 atom stereocenters. The minimum Gasteiger partial charge on any atom is -0.425 e. The fourth-order valence-corrected chi connectivity index (χ4v) is 3.17. The molecule has 1 aliphatic carbocycles. The highest BCUT2D eigenvalue weighted by atomic mass is 16.9. The van der Waals surface area contributed by atoms with Gasteiger partial charge in [-0.05, 0) is 33.6 Å². The number of ether oxygens (including phenoxy) is 1. The third-order valence-corrected chi connectivity index (χ3v) is 4.50. The first kappa shape index (κ1) is 16.3. The Balaban J connectivity index is 1.89. The molecule has 1 aromatic rings. The lowest BCUT2D eigenvalue weighted by Crippen LogP contribution is -2.42. The fourth-order valence-electron chi connectivity index (χ4n) is 3.17. The van der Waals surface area contributed by atoms with Crippen molar-refractivity contribution in [1.29, 1.82) is 0 Å². The molecule has 3 rings (SSSR count). The van der Waals surface area contributed by atoms with E-state index in [0.29, 0.717) is 12.1 Å². The molecule has 2 aliphatic rings. The van der Waals surface area contributed by atoms with E-state index in [0.717, 1.165) is 18.4 Å². The second-order valence-corrected chi connectivity index (χ2v) is 7.67. The van der Waals surface area contributed by atoms with E-state index in [2.05, 4.69) is 20.8 Å². The quantitative estimate of drug-likeness (QED) is 0.799. The van der Waals surface area contributed by atoms with Crippen LogP contribution in [0.15, 0.2) is 35.3 Å². The van der Waals surface area contributed by atoms with Crippen molar-refractivity contribution in [2.75, 3.05) is 0 Å². The molecular weight excluding hydrogens is 288 g/mol. The summed E-state index contributed by atoms with van der Waals surface area (Å²) >= 11 is 0. The minimum atomic E-state index is -0.817. The number of hydroxylamine groups is 2. The van der Waals surface area contributed by atoms with Crippen molar-refractivity contribution < 1.29 is 9.57 Å². The summed E-state index contributed by atoms with van der Waals surface area (Å²) in [5.74, 6) is -0.817. The highest BCUT2D eigenvalue weighted by Gasteiger charge is 2.47. The van der Waals surface area contributed by atoms with Crippen molar-refractivity contribution in [2.24, 2.45) is 4.99 Å². The summed E-state index contributed by atoms with van der Waals surface area (Å²) in [5, 5.41) is 1.84. The minimum absolute atomic E-state index is 0.208. The van der Waals surface area contributed by atoms with Gasteiger partial charge in [-0.25, -0.2) is 9.83 Å². The molecule has 0 aromatic heterocycles. The van der Waals surface area contributed by atoms with E-state index in [9.17, 15) is 0 Å². The molecule has 23 heavy (non-hydrogen) atoms. The average molecular weight is 316 g/mol. The van der Waals surface area contributed by atoms with Gasteiger partial charge in [-0.15, -0.1) is 0 Å². The van der Waals surface area contributed by atoms with Gasteiger partial charge in [-0.1, -0.05) is 49.6 Å². The summed E-state index contributed by atoms with van der Waals surface area (Å²) in [6, 6.07) is 11.0. The maximum absolute atomic E-state index is 6.23. The van der Waals surface area contributed by atoms with Crippen LogP contribution < -0.4 is 0 Å². The van der Waals surface area contributed by atoms with Crippen LogP contribution in [0.1, 0.15) is 65.4 Å². The van der Waals surface area contributed by atoms with E-state index in [1.165, 1.54) is 19.3 Å². The van der Waals surface area contributed by atoms with Crippen molar-refractivity contribution >= 4 is 6.02 Å². The Hall–Kier alpha value is -1.55. The molecule has 2 fully saturated rings. The molecule has 1 aliphatic heterocycles. The van der Waals surface area contributed by atoms with E-state index in [4.69, 9.17) is 14.6 Å². The van der Waals surface area contributed by atoms with Crippen LogP contribution >= 0.6 is 0 Å².